The van der Waals surface area contributed by atoms with Crippen LogP contribution >= 0.6 is 22.9 Å². The Kier molecular flexibility index (Phi) is 4.84. The predicted molar refractivity (Wildman–Crippen MR) is 91.3 cm³/mol. The summed E-state index contributed by atoms with van der Waals surface area (Å²) in [7, 11) is 0. The number of rotatable bonds is 3. The SMILES string of the molecule is N#Cc1cc(-c2nc(OC(=O)O)sc2-c2cc(F)cc(Cl)c2)ccc1F. The van der Waals surface area contributed by atoms with Gasteiger partial charge in [0.05, 0.1) is 16.1 Å². The summed E-state index contributed by atoms with van der Waals surface area (Å²) < 4.78 is 31.9. The minimum atomic E-state index is -1.56. The Balaban J connectivity index is 2.22. The van der Waals surface area contributed by atoms with Crippen molar-refractivity contribution in [3.8, 4) is 33.0 Å². The molecule has 0 radical (unpaired) electrons. The van der Waals surface area contributed by atoms with E-state index in [9.17, 15) is 13.6 Å². The van der Waals surface area contributed by atoms with Gasteiger partial charge in [-0.1, -0.05) is 22.9 Å². The maximum Gasteiger partial charge on any atom is 0.513 e. The van der Waals surface area contributed by atoms with Crippen LogP contribution in [0.2, 0.25) is 5.02 Å². The minimum Gasteiger partial charge on any atom is -0.449 e. The number of benzene rings is 2. The molecule has 0 spiro atoms. The summed E-state index contributed by atoms with van der Waals surface area (Å²) in [4.78, 5) is 15.2. The summed E-state index contributed by atoms with van der Waals surface area (Å²) in [5.41, 5.74) is 0.684. The third-order valence-corrected chi connectivity index (χ3v) is 4.47. The van der Waals surface area contributed by atoms with E-state index in [-0.39, 0.29) is 21.5 Å². The number of thiazole rings is 1. The van der Waals surface area contributed by atoms with Crippen LogP contribution in [0.15, 0.2) is 36.4 Å². The highest BCUT2D eigenvalue weighted by Crippen LogP contribution is 2.41. The molecule has 9 heteroatoms. The zero-order chi connectivity index (χ0) is 18.8. The van der Waals surface area contributed by atoms with Crippen molar-refractivity contribution in [2.45, 2.75) is 0 Å². The lowest BCUT2D eigenvalue weighted by Crippen LogP contribution is -2.02. The van der Waals surface area contributed by atoms with Crippen LogP contribution in [-0.2, 0) is 0 Å². The lowest BCUT2D eigenvalue weighted by atomic mass is 10.0. The zero-order valence-corrected chi connectivity index (χ0v) is 14.2. The first-order chi connectivity index (χ1) is 12.4. The van der Waals surface area contributed by atoms with Gasteiger partial charge in [-0.3, -0.25) is 0 Å². The summed E-state index contributed by atoms with van der Waals surface area (Å²) in [6.07, 6.45) is -1.56. The molecule has 0 unspecified atom stereocenters. The predicted octanol–water partition coefficient (Wildman–Crippen LogP) is 5.34. The molecule has 26 heavy (non-hydrogen) atoms. The van der Waals surface area contributed by atoms with Crippen molar-refractivity contribution >= 4 is 29.1 Å². The van der Waals surface area contributed by atoms with Crippen molar-refractivity contribution in [2.75, 3.05) is 0 Å². The maximum atomic E-state index is 13.7. The summed E-state index contributed by atoms with van der Waals surface area (Å²) in [6, 6.07) is 9.23. The Bertz CT molecular complexity index is 1040. The van der Waals surface area contributed by atoms with E-state index in [2.05, 4.69) is 9.72 Å². The topological polar surface area (TPSA) is 83.2 Å². The van der Waals surface area contributed by atoms with Gasteiger partial charge >= 0.3 is 6.16 Å². The average Bonchev–Trinajstić information content (AvgIpc) is 2.97. The molecule has 5 nitrogen and oxygen atoms in total. The number of ether oxygens (including phenoxy) is 1. The molecule has 2 aromatic carbocycles. The molecule has 1 N–H and O–H groups in total. The third kappa shape index (κ3) is 3.64. The highest BCUT2D eigenvalue weighted by molar-refractivity contribution is 7.17. The summed E-state index contributed by atoms with van der Waals surface area (Å²) in [6.45, 7) is 0. The molecule has 0 saturated carbocycles. The number of hydrogen-bond donors (Lipinski definition) is 1. The van der Waals surface area contributed by atoms with E-state index < -0.39 is 17.8 Å². The Morgan fingerprint density at radius 3 is 2.65 bits per heavy atom. The molecule has 3 aromatic rings. The molecule has 130 valence electrons. The average molecular weight is 393 g/mol. The molecule has 0 atom stereocenters. The number of halogens is 3. The number of nitriles is 1. The largest absolute Gasteiger partial charge is 0.513 e. The highest BCUT2D eigenvalue weighted by atomic mass is 35.5. The Morgan fingerprint density at radius 2 is 2.00 bits per heavy atom. The van der Waals surface area contributed by atoms with Gasteiger partial charge in [0, 0.05) is 10.6 Å². The summed E-state index contributed by atoms with van der Waals surface area (Å²) in [5, 5.41) is 17.7. The Hall–Kier alpha value is -3.02. The lowest BCUT2D eigenvalue weighted by molar-refractivity contribution is 0.144. The van der Waals surface area contributed by atoms with Crippen molar-refractivity contribution in [3.63, 3.8) is 0 Å². The van der Waals surface area contributed by atoms with Crippen LogP contribution in [0, 0.1) is 23.0 Å². The van der Waals surface area contributed by atoms with E-state index in [4.69, 9.17) is 22.0 Å². The van der Waals surface area contributed by atoms with E-state index in [1.165, 1.54) is 24.3 Å². The second-order valence-electron chi connectivity index (χ2n) is 4.99. The second-order valence-corrected chi connectivity index (χ2v) is 6.39. The third-order valence-electron chi connectivity index (χ3n) is 3.27. The molecule has 0 bridgehead atoms. The Morgan fingerprint density at radius 1 is 1.23 bits per heavy atom. The van der Waals surface area contributed by atoms with Crippen molar-refractivity contribution < 1.29 is 23.4 Å². The molecule has 0 aliphatic rings. The molecule has 0 saturated heterocycles. The van der Waals surface area contributed by atoms with Gasteiger partial charge in [-0.15, -0.1) is 0 Å². The van der Waals surface area contributed by atoms with Crippen molar-refractivity contribution in [1.82, 2.24) is 4.98 Å². The van der Waals surface area contributed by atoms with Crippen molar-refractivity contribution in [2.24, 2.45) is 0 Å². The summed E-state index contributed by atoms with van der Waals surface area (Å²) in [5.74, 6) is -1.30. The van der Waals surface area contributed by atoms with Crippen molar-refractivity contribution in [1.29, 1.82) is 5.26 Å². The smallest absolute Gasteiger partial charge is 0.449 e. The van der Waals surface area contributed by atoms with Crippen LogP contribution in [0.5, 0.6) is 5.19 Å². The number of carboxylic acid groups (broad SMARTS) is 1. The van der Waals surface area contributed by atoms with Gasteiger partial charge in [-0.2, -0.15) is 5.26 Å². The molecular formula is C17H7ClF2N2O3S. The van der Waals surface area contributed by atoms with Gasteiger partial charge in [0.15, 0.2) is 0 Å². The molecule has 1 aromatic heterocycles. The van der Waals surface area contributed by atoms with E-state index in [0.717, 1.165) is 23.5 Å². The molecule has 0 aliphatic heterocycles. The van der Waals surface area contributed by atoms with E-state index in [1.807, 2.05) is 0 Å². The van der Waals surface area contributed by atoms with E-state index >= 15 is 0 Å². The molecule has 0 fully saturated rings. The highest BCUT2D eigenvalue weighted by Gasteiger charge is 2.19. The van der Waals surface area contributed by atoms with E-state index in [1.54, 1.807) is 6.07 Å². The van der Waals surface area contributed by atoms with Gasteiger partial charge in [0.2, 0.25) is 0 Å². The van der Waals surface area contributed by atoms with Gasteiger partial charge in [-0.25, -0.2) is 18.6 Å². The van der Waals surface area contributed by atoms with Crippen LogP contribution in [0.1, 0.15) is 5.56 Å². The standard InChI is InChI=1S/C17H7ClF2N2O3S/c18-11-4-9(5-12(19)6-11)15-14(22-16(26-15)25-17(23)24)8-1-2-13(20)10(3-8)7-21/h1-6H,(H,23,24). The Labute approximate surface area is 154 Å². The molecule has 0 aliphatic carbocycles. The van der Waals surface area contributed by atoms with Crippen LogP contribution in [0.3, 0.4) is 0 Å². The van der Waals surface area contributed by atoms with Gasteiger partial charge in [-0.05, 0) is 42.0 Å². The van der Waals surface area contributed by atoms with Crippen LogP contribution in [-0.4, -0.2) is 16.2 Å². The quantitative estimate of drug-likeness (QED) is 0.608. The normalized spacial score (nSPS) is 10.4. The van der Waals surface area contributed by atoms with Crippen LogP contribution in [0.25, 0.3) is 21.7 Å². The van der Waals surface area contributed by atoms with Gasteiger partial charge in [0.1, 0.15) is 17.7 Å². The van der Waals surface area contributed by atoms with E-state index in [0.29, 0.717) is 16.0 Å². The first kappa shape index (κ1) is 17.8. The molecule has 0 amide bonds. The van der Waals surface area contributed by atoms with Gasteiger partial charge in [0.25, 0.3) is 5.19 Å². The number of aromatic nitrogens is 1. The first-order valence-corrected chi connectivity index (χ1v) is 8.15. The maximum absolute atomic E-state index is 13.7. The van der Waals surface area contributed by atoms with Crippen LogP contribution in [0.4, 0.5) is 13.6 Å². The second kappa shape index (κ2) is 7.07. The monoisotopic (exact) mass is 392 g/mol. The van der Waals surface area contributed by atoms with Crippen molar-refractivity contribution in [3.05, 3.63) is 58.6 Å². The number of carbonyl (C=O) groups is 1. The zero-order valence-electron chi connectivity index (χ0n) is 12.7. The lowest BCUT2D eigenvalue weighted by Gasteiger charge is -2.05. The first-order valence-electron chi connectivity index (χ1n) is 6.95. The van der Waals surface area contributed by atoms with Gasteiger partial charge < -0.3 is 9.84 Å². The fourth-order valence-corrected chi connectivity index (χ4v) is 3.40. The molecule has 1 heterocycles. The fourth-order valence-electron chi connectivity index (χ4n) is 2.25. The summed E-state index contributed by atoms with van der Waals surface area (Å²) >= 11 is 6.74. The molecule has 3 rings (SSSR count). The molecular weight excluding hydrogens is 386 g/mol. The minimum absolute atomic E-state index is 0.136. The number of hydrogen-bond acceptors (Lipinski definition) is 5. The number of nitrogens with zero attached hydrogens (tertiary/aromatic N) is 2. The van der Waals surface area contributed by atoms with Crippen LogP contribution < -0.4 is 4.74 Å². The fraction of sp³-hybridized carbons (Fsp3) is 0.